The quantitative estimate of drug-likeness (QED) is 0.556. The number of Topliss-reactive ketones (excluding diaryl/α,β-unsaturated/α-hetero) is 2. The summed E-state index contributed by atoms with van der Waals surface area (Å²) in [5.74, 6) is -0.0250. The van der Waals surface area contributed by atoms with E-state index in [1.807, 2.05) is 19.1 Å². The van der Waals surface area contributed by atoms with Crippen molar-refractivity contribution < 1.29 is 9.59 Å². The molecule has 0 bridgehead atoms. The lowest BCUT2D eigenvalue weighted by Gasteiger charge is -2.08. The fourth-order valence-corrected chi connectivity index (χ4v) is 1.81. The van der Waals surface area contributed by atoms with Gasteiger partial charge in [0, 0.05) is 12.0 Å². The molecule has 0 aliphatic carbocycles. The van der Waals surface area contributed by atoms with Gasteiger partial charge in [0.15, 0.2) is 5.78 Å². The molecule has 0 unspecified atom stereocenters. The molecule has 2 nitrogen and oxygen atoms in total. The molecule has 0 saturated heterocycles. The first-order valence-corrected chi connectivity index (χ1v) is 6.29. The van der Waals surface area contributed by atoms with Gasteiger partial charge in [-0.2, -0.15) is 0 Å². The third-order valence-electron chi connectivity index (χ3n) is 3.02. The van der Waals surface area contributed by atoms with Crippen LogP contribution in [0, 0.1) is 0 Å². The summed E-state index contributed by atoms with van der Waals surface area (Å²) < 4.78 is 0. The van der Waals surface area contributed by atoms with Crippen LogP contribution >= 0.6 is 0 Å². The van der Waals surface area contributed by atoms with Crippen LogP contribution in [-0.2, 0) is 17.6 Å². The Morgan fingerprint density at radius 2 is 1.76 bits per heavy atom. The van der Waals surface area contributed by atoms with Crippen molar-refractivity contribution in [3.63, 3.8) is 0 Å². The van der Waals surface area contributed by atoms with Crippen LogP contribution < -0.4 is 0 Å². The van der Waals surface area contributed by atoms with Gasteiger partial charge in [-0.3, -0.25) is 9.59 Å². The van der Waals surface area contributed by atoms with Gasteiger partial charge < -0.3 is 0 Å². The van der Waals surface area contributed by atoms with Gasteiger partial charge in [-0.25, -0.2) is 0 Å². The Morgan fingerprint density at radius 3 is 2.29 bits per heavy atom. The minimum atomic E-state index is -0.0380. The monoisotopic (exact) mass is 232 g/mol. The van der Waals surface area contributed by atoms with Crippen molar-refractivity contribution in [3.05, 3.63) is 34.9 Å². The molecule has 17 heavy (non-hydrogen) atoms. The molecule has 0 spiro atoms. The Hall–Kier alpha value is -1.44. The fraction of sp³-hybridized carbons (Fsp3) is 0.467. The molecule has 0 saturated carbocycles. The molecule has 0 N–H and O–H groups in total. The number of rotatable bonds is 6. The maximum atomic E-state index is 12.0. The summed E-state index contributed by atoms with van der Waals surface area (Å²) in [5.41, 5.74) is 2.92. The van der Waals surface area contributed by atoms with E-state index >= 15 is 0 Å². The zero-order chi connectivity index (χ0) is 12.8. The molecule has 0 aliphatic heterocycles. The summed E-state index contributed by atoms with van der Waals surface area (Å²) in [5, 5.41) is 0. The van der Waals surface area contributed by atoms with Gasteiger partial charge in [-0.15, -0.1) is 0 Å². The number of carbonyl (C=O) groups is 2. The summed E-state index contributed by atoms with van der Waals surface area (Å²) in [6.45, 7) is 5.88. The van der Waals surface area contributed by atoms with Crippen molar-refractivity contribution in [2.24, 2.45) is 0 Å². The van der Waals surface area contributed by atoms with Crippen LogP contribution in [-0.4, -0.2) is 11.6 Å². The Bertz CT molecular complexity index is 419. The van der Waals surface area contributed by atoms with Gasteiger partial charge >= 0.3 is 0 Å². The number of carbonyl (C=O) groups excluding carboxylic acids is 2. The van der Waals surface area contributed by atoms with Crippen LogP contribution in [0.1, 0.15) is 55.1 Å². The van der Waals surface area contributed by atoms with E-state index in [4.69, 9.17) is 0 Å². The Balaban J connectivity index is 3.01. The van der Waals surface area contributed by atoms with Crippen LogP contribution in [0.3, 0.4) is 0 Å². The smallest absolute Gasteiger partial charge is 0.170 e. The van der Waals surface area contributed by atoms with E-state index in [-0.39, 0.29) is 18.0 Å². The first kappa shape index (κ1) is 13.6. The third kappa shape index (κ3) is 3.52. The molecule has 0 aromatic heterocycles. The predicted octanol–water partition coefficient (Wildman–Crippen LogP) is 3.36. The van der Waals surface area contributed by atoms with Gasteiger partial charge in [-0.1, -0.05) is 32.9 Å². The Kier molecular flexibility index (Phi) is 5.08. The summed E-state index contributed by atoms with van der Waals surface area (Å²) in [6.07, 6.45) is 2.20. The molecule has 0 radical (unpaired) electrons. The molecule has 0 fully saturated rings. The normalized spacial score (nSPS) is 10.3. The van der Waals surface area contributed by atoms with Crippen LogP contribution in [0.5, 0.6) is 0 Å². The molecule has 1 aromatic rings. The highest BCUT2D eigenvalue weighted by Gasteiger charge is 2.14. The molecule has 0 amide bonds. The van der Waals surface area contributed by atoms with Crippen molar-refractivity contribution in [1.82, 2.24) is 0 Å². The van der Waals surface area contributed by atoms with E-state index in [0.29, 0.717) is 6.42 Å². The van der Waals surface area contributed by atoms with Gasteiger partial charge in [0.2, 0.25) is 0 Å². The van der Waals surface area contributed by atoms with E-state index in [1.54, 1.807) is 6.92 Å². The SMILES string of the molecule is CCC(=O)CC(=O)c1cc(CC)ccc1CC. The third-order valence-corrected chi connectivity index (χ3v) is 3.02. The molecular formula is C15H20O2. The second-order valence-electron chi connectivity index (χ2n) is 4.19. The molecule has 0 heterocycles. The Morgan fingerprint density at radius 1 is 1.06 bits per heavy atom. The average molecular weight is 232 g/mol. The molecule has 1 rings (SSSR count). The Labute approximate surface area is 103 Å². The van der Waals surface area contributed by atoms with E-state index in [2.05, 4.69) is 13.0 Å². The zero-order valence-corrected chi connectivity index (χ0v) is 10.9. The second-order valence-corrected chi connectivity index (χ2v) is 4.19. The maximum absolute atomic E-state index is 12.0. The molecular weight excluding hydrogens is 212 g/mol. The van der Waals surface area contributed by atoms with E-state index in [0.717, 1.165) is 29.5 Å². The summed E-state index contributed by atoms with van der Waals surface area (Å²) >= 11 is 0. The second kappa shape index (κ2) is 6.33. The largest absolute Gasteiger partial charge is 0.299 e. The van der Waals surface area contributed by atoms with E-state index in [1.165, 1.54) is 0 Å². The number of benzene rings is 1. The highest BCUT2D eigenvalue weighted by Crippen LogP contribution is 2.16. The lowest BCUT2D eigenvalue weighted by Crippen LogP contribution is -2.10. The highest BCUT2D eigenvalue weighted by atomic mass is 16.1. The molecule has 1 aromatic carbocycles. The summed E-state index contributed by atoms with van der Waals surface area (Å²) in [4.78, 5) is 23.4. The standard InChI is InChI=1S/C15H20O2/c1-4-11-7-8-12(5-2)14(9-11)15(17)10-13(16)6-3/h7-9H,4-6,10H2,1-3H3. The van der Waals surface area contributed by atoms with E-state index < -0.39 is 0 Å². The number of ketones is 2. The van der Waals surface area contributed by atoms with Gasteiger partial charge in [-0.05, 0) is 30.0 Å². The maximum Gasteiger partial charge on any atom is 0.170 e. The summed E-state index contributed by atoms with van der Waals surface area (Å²) in [7, 11) is 0. The molecule has 0 atom stereocenters. The fourth-order valence-electron chi connectivity index (χ4n) is 1.81. The summed E-state index contributed by atoms with van der Waals surface area (Å²) in [6, 6.07) is 5.99. The number of hydrogen-bond donors (Lipinski definition) is 0. The molecule has 2 heteroatoms. The zero-order valence-electron chi connectivity index (χ0n) is 10.9. The van der Waals surface area contributed by atoms with Crippen LogP contribution in [0.4, 0.5) is 0 Å². The average Bonchev–Trinajstić information content (AvgIpc) is 2.37. The van der Waals surface area contributed by atoms with Gasteiger partial charge in [0.05, 0.1) is 6.42 Å². The number of aryl methyl sites for hydroxylation is 2. The van der Waals surface area contributed by atoms with Crippen LogP contribution in [0.2, 0.25) is 0 Å². The lowest BCUT2D eigenvalue weighted by molar-refractivity contribution is -0.117. The van der Waals surface area contributed by atoms with Crippen LogP contribution in [0.25, 0.3) is 0 Å². The van der Waals surface area contributed by atoms with Crippen molar-refractivity contribution in [3.8, 4) is 0 Å². The molecule has 92 valence electrons. The van der Waals surface area contributed by atoms with Crippen molar-refractivity contribution in [2.45, 2.75) is 46.5 Å². The van der Waals surface area contributed by atoms with Gasteiger partial charge in [0.1, 0.15) is 5.78 Å². The van der Waals surface area contributed by atoms with Crippen molar-refractivity contribution >= 4 is 11.6 Å². The minimum Gasteiger partial charge on any atom is -0.299 e. The molecule has 0 aliphatic rings. The van der Waals surface area contributed by atoms with E-state index in [9.17, 15) is 9.59 Å². The first-order valence-electron chi connectivity index (χ1n) is 6.29. The minimum absolute atomic E-state index is 0.0129. The first-order chi connectivity index (χ1) is 8.12. The number of hydrogen-bond acceptors (Lipinski definition) is 2. The topological polar surface area (TPSA) is 34.1 Å². The lowest BCUT2D eigenvalue weighted by atomic mass is 9.95. The van der Waals surface area contributed by atoms with Crippen LogP contribution in [0.15, 0.2) is 18.2 Å². The van der Waals surface area contributed by atoms with Gasteiger partial charge in [0.25, 0.3) is 0 Å². The predicted molar refractivity (Wildman–Crippen MR) is 69.4 cm³/mol. The highest BCUT2D eigenvalue weighted by molar-refractivity contribution is 6.08. The van der Waals surface area contributed by atoms with Crippen molar-refractivity contribution in [2.75, 3.05) is 0 Å². The van der Waals surface area contributed by atoms with Crippen molar-refractivity contribution in [1.29, 1.82) is 0 Å².